The number of imidazole rings is 1. The highest BCUT2D eigenvalue weighted by Gasteiger charge is 2.15. The maximum atomic E-state index is 11.8. The van der Waals surface area contributed by atoms with Crippen molar-refractivity contribution < 1.29 is 8.42 Å². The largest absolute Gasteiger partial charge is 0.331 e. The van der Waals surface area contributed by atoms with Crippen molar-refractivity contribution in [3.05, 3.63) is 59.4 Å². The number of hydrogen-bond acceptors (Lipinski definition) is 4. The lowest BCUT2D eigenvalue weighted by molar-refractivity contribution is 0.600. The first-order chi connectivity index (χ1) is 13.2. The first kappa shape index (κ1) is 20.1. The maximum absolute atomic E-state index is 11.8. The third-order valence-corrected chi connectivity index (χ3v) is 6.37. The van der Waals surface area contributed by atoms with Gasteiger partial charge in [0.1, 0.15) is 5.82 Å². The number of anilines is 1. The molecule has 3 aromatic rings. The summed E-state index contributed by atoms with van der Waals surface area (Å²) in [6.45, 7) is 2.00. The van der Waals surface area contributed by atoms with Gasteiger partial charge in [0.15, 0.2) is 0 Å². The van der Waals surface area contributed by atoms with Crippen molar-refractivity contribution in [2.45, 2.75) is 19.8 Å². The normalized spacial score (nSPS) is 12.5. The van der Waals surface area contributed by atoms with Crippen LogP contribution in [0.4, 0.5) is 5.69 Å². The van der Waals surface area contributed by atoms with Crippen LogP contribution in [-0.4, -0.2) is 44.0 Å². The topological polar surface area (TPSA) is 67.6 Å². The van der Waals surface area contributed by atoms with E-state index in [4.69, 9.17) is 4.98 Å². The van der Waals surface area contributed by atoms with Crippen molar-refractivity contribution in [1.29, 1.82) is 0 Å². The third kappa shape index (κ3) is 4.09. The zero-order valence-corrected chi connectivity index (χ0v) is 17.8. The lowest BCUT2D eigenvalue weighted by Gasteiger charge is -2.16. The van der Waals surface area contributed by atoms with Gasteiger partial charge in [0.2, 0.25) is 10.0 Å². The van der Waals surface area contributed by atoms with E-state index in [1.165, 1.54) is 16.1 Å². The summed E-state index contributed by atoms with van der Waals surface area (Å²) in [6, 6.07) is 14.0. The quantitative estimate of drug-likeness (QED) is 0.599. The molecule has 0 atom stereocenters. The average molecular weight is 399 g/mol. The van der Waals surface area contributed by atoms with Gasteiger partial charge in [0.25, 0.3) is 0 Å². The minimum Gasteiger partial charge on any atom is -0.331 e. The van der Waals surface area contributed by atoms with Crippen molar-refractivity contribution in [2.75, 3.05) is 24.7 Å². The number of aliphatic imine (C=N–C) groups is 1. The van der Waals surface area contributed by atoms with E-state index in [0.717, 1.165) is 41.0 Å². The van der Waals surface area contributed by atoms with E-state index in [9.17, 15) is 8.42 Å². The van der Waals surface area contributed by atoms with Crippen LogP contribution < -0.4 is 4.31 Å². The molecule has 1 aromatic heterocycles. The van der Waals surface area contributed by atoms with Crippen molar-refractivity contribution >= 4 is 32.5 Å². The van der Waals surface area contributed by atoms with E-state index in [1.807, 2.05) is 32.2 Å². The molecule has 0 saturated heterocycles. The molecular formula is C21H26N4O2S. The summed E-state index contributed by atoms with van der Waals surface area (Å²) in [7, 11) is 2.05. The molecule has 6 nitrogen and oxygen atoms in total. The maximum Gasteiger partial charge on any atom is 0.231 e. The Morgan fingerprint density at radius 1 is 1.14 bits per heavy atom. The van der Waals surface area contributed by atoms with Gasteiger partial charge < -0.3 is 4.57 Å². The highest BCUT2D eigenvalue weighted by Crippen LogP contribution is 2.23. The highest BCUT2D eigenvalue weighted by atomic mass is 32.2. The summed E-state index contributed by atoms with van der Waals surface area (Å²) in [5.41, 5.74) is 5.81. The third-order valence-electron chi connectivity index (χ3n) is 5.16. The number of rotatable bonds is 6. The number of benzene rings is 2. The second kappa shape index (κ2) is 7.75. The van der Waals surface area contributed by atoms with Crippen LogP contribution in [0.5, 0.6) is 0 Å². The number of aromatic nitrogens is 2. The molecule has 0 radical (unpaired) electrons. The first-order valence-corrected chi connectivity index (χ1v) is 11.0. The minimum atomic E-state index is -3.30. The Morgan fingerprint density at radius 3 is 2.43 bits per heavy atom. The number of hydrogen-bond donors (Lipinski definition) is 0. The van der Waals surface area contributed by atoms with Crippen molar-refractivity contribution in [1.82, 2.24) is 9.55 Å². The van der Waals surface area contributed by atoms with Gasteiger partial charge in [-0.25, -0.2) is 13.4 Å². The van der Waals surface area contributed by atoms with Crippen LogP contribution in [0.25, 0.3) is 11.0 Å². The van der Waals surface area contributed by atoms with Gasteiger partial charge in [-0.3, -0.25) is 9.30 Å². The van der Waals surface area contributed by atoms with Crippen LogP contribution >= 0.6 is 0 Å². The van der Waals surface area contributed by atoms with Crippen molar-refractivity contribution in [3.8, 4) is 0 Å². The molecule has 0 saturated carbocycles. The van der Waals surface area contributed by atoms with E-state index in [2.05, 4.69) is 33.8 Å². The van der Waals surface area contributed by atoms with E-state index in [-0.39, 0.29) is 0 Å². The summed E-state index contributed by atoms with van der Waals surface area (Å²) in [6.07, 6.45) is 2.89. The van der Waals surface area contributed by atoms with E-state index >= 15 is 0 Å². The molecule has 0 spiro atoms. The molecule has 0 aliphatic heterocycles. The fraction of sp³-hybridized carbons (Fsp3) is 0.333. The van der Waals surface area contributed by atoms with Crippen LogP contribution in [0.1, 0.15) is 23.9 Å². The van der Waals surface area contributed by atoms with E-state index in [1.54, 1.807) is 14.1 Å². The summed E-state index contributed by atoms with van der Waals surface area (Å²) >= 11 is 0. The second-order valence-corrected chi connectivity index (χ2v) is 9.01. The summed E-state index contributed by atoms with van der Waals surface area (Å²) in [5.74, 6) is 0.976. The lowest BCUT2D eigenvalue weighted by Crippen LogP contribution is -2.24. The molecule has 0 bridgehead atoms. The molecule has 0 aliphatic carbocycles. The Labute approximate surface area is 166 Å². The van der Waals surface area contributed by atoms with Crippen LogP contribution in [-0.2, 0) is 29.9 Å². The van der Waals surface area contributed by atoms with Crippen LogP contribution in [0.2, 0.25) is 0 Å². The predicted molar refractivity (Wildman–Crippen MR) is 116 cm³/mol. The Morgan fingerprint density at radius 2 is 1.82 bits per heavy atom. The molecule has 0 N–H and O–H groups in total. The van der Waals surface area contributed by atoms with Crippen molar-refractivity contribution in [2.24, 2.45) is 12.0 Å². The van der Waals surface area contributed by atoms with Gasteiger partial charge in [-0.05, 0) is 42.7 Å². The molecule has 0 amide bonds. The smallest absolute Gasteiger partial charge is 0.231 e. The standard InChI is InChI=1S/C21H26N4O2S/c1-15(22-2)17-9-6-16(7-10-17)8-13-21-23-19-14-18(25(4)28(5,26)27)11-12-20(19)24(21)3/h6-7,9-12,14H,8,13H2,1-5H3. The minimum absolute atomic E-state index is 0.614. The van der Waals surface area contributed by atoms with Crippen LogP contribution in [0.15, 0.2) is 47.5 Å². The fourth-order valence-electron chi connectivity index (χ4n) is 3.15. The monoisotopic (exact) mass is 398 g/mol. The molecule has 7 heteroatoms. The fourth-order valence-corrected chi connectivity index (χ4v) is 3.64. The van der Waals surface area contributed by atoms with Crippen LogP contribution in [0, 0.1) is 0 Å². The number of nitrogens with zero attached hydrogens (tertiary/aromatic N) is 4. The van der Waals surface area contributed by atoms with Gasteiger partial charge in [0.05, 0.1) is 23.0 Å². The Bertz CT molecular complexity index is 1130. The Kier molecular flexibility index (Phi) is 5.56. The van der Waals surface area contributed by atoms with Crippen LogP contribution in [0.3, 0.4) is 0 Å². The molecule has 28 heavy (non-hydrogen) atoms. The van der Waals surface area contributed by atoms with Gasteiger partial charge >= 0.3 is 0 Å². The first-order valence-electron chi connectivity index (χ1n) is 9.12. The number of sulfonamides is 1. The number of fused-ring (bicyclic) bond motifs is 1. The average Bonchev–Trinajstić information content (AvgIpc) is 3.00. The van der Waals surface area contributed by atoms with E-state index < -0.39 is 10.0 Å². The Balaban J connectivity index is 1.81. The zero-order valence-electron chi connectivity index (χ0n) is 17.0. The van der Waals surface area contributed by atoms with Gasteiger partial charge in [-0.1, -0.05) is 24.3 Å². The zero-order chi connectivity index (χ0) is 20.5. The molecule has 3 rings (SSSR count). The second-order valence-electron chi connectivity index (χ2n) is 7.00. The molecule has 0 fully saturated rings. The summed E-state index contributed by atoms with van der Waals surface area (Å²) in [5, 5.41) is 0. The SMILES string of the molecule is CN=C(C)c1ccc(CCc2nc3cc(N(C)S(C)(=O)=O)ccc3n2C)cc1. The van der Waals surface area contributed by atoms with E-state index in [0.29, 0.717) is 5.69 Å². The molecule has 148 valence electrons. The Hall–Kier alpha value is -2.67. The predicted octanol–water partition coefficient (Wildman–Crippen LogP) is 3.19. The number of aryl methyl sites for hydroxylation is 3. The highest BCUT2D eigenvalue weighted by molar-refractivity contribution is 7.92. The summed E-state index contributed by atoms with van der Waals surface area (Å²) in [4.78, 5) is 8.95. The van der Waals surface area contributed by atoms with Gasteiger partial charge in [0, 0.05) is 33.3 Å². The lowest BCUT2D eigenvalue weighted by atomic mass is 10.1. The van der Waals surface area contributed by atoms with Crippen molar-refractivity contribution in [3.63, 3.8) is 0 Å². The molecule has 0 aliphatic rings. The molecule has 2 aromatic carbocycles. The van der Waals surface area contributed by atoms with Gasteiger partial charge in [-0.15, -0.1) is 0 Å². The summed E-state index contributed by atoms with van der Waals surface area (Å²) < 4.78 is 26.9. The van der Waals surface area contributed by atoms with Gasteiger partial charge in [-0.2, -0.15) is 0 Å². The molecule has 1 heterocycles. The molecule has 0 unspecified atom stereocenters. The molecular weight excluding hydrogens is 372 g/mol.